The number of para-hydroxylation sites is 1. The Morgan fingerprint density at radius 2 is 1.73 bits per heavy atom. The fourth-order valence-electron chi connectivity index (χ4n) is 4.34. The summed E-state index contributed by atoms with van der Waals surface area (Å²) >= 11 is 0. The van der Waals surface area contributed by atoms with E-state index in [4.69, 9.17) is 14.5 Å². The van der Waals surface area contributed by atoms with Gasteiger partial charge in [0.15, 0.2) is 0 Å². The zero-order valence-electron chi connectivity index (χ0n) is 21.2. The number of rotatable bonds is 10. The molecule has 0 N–H and O–H groups in total. The quantitative estimate of drug-likeness (QED) is 0.293. The Morgan fingerprint density at radius 3 is 2.41 bits per heavy atom. The second kappa shape index (κ2) is 11.8. The number of nitrogens with zero attached hydrogens (tertiary/aromatic N) is 3. The van der Waals surface area contributed by atoms with E-state index in [9.17, 15) is 14.0 Å². The predicted molar refractivity (Wildman–Crippen MR) is 141 cm³/mol. The smallest absolute Gasteiger partial charge is 0.266 e. The third kappa shape index (κ3) is 5.86. The molecule has 0 fully saturated rings. The molecule has 37 heavy (non-hydrogen) atoms. The molecule has 0 radical (unpaired) electrons. The van der Waals surface area contributed by atoms with Gasteiger partial charge < -0.3 is 14.4 Å². The van der Waals surface area contributed by atoms with Gasteiger partial charge in [0.1, 0.15) is 17.4 Å². The number of aromatic nitrogens is 2. The Labute approximate surface area is 215 Å². The highest BCUT2D eigenvalue weighted by molar-refractivity contribution is 5.80. The molecule has 0 aliphatic rings. The number of hydrogen-bond donors (Lipinski definition) is 0. The van der Waals surface area contributed by atoms with E-state index in [0.29, 0.717) is 53.3 Å². The normalized spacial score (nSPS) is 11.9. The van der Waals surface area contributed by atoms with Gasteiger partial charge in [0.05, 0.1) is 36.2 Å². The number of hydrogen-bond acceptors (Lipinski definition) is 5. The molecule has 3 aromatic carbocycles. The number of amides is 1. The van der Waals surface area contributed by atoms with Crippen LogP contribution in [0.25, 0.3) is 16.6 Å². The standard InChI is InChI=1S/C29H30FN3O4/c1-20(32(17-6-18-36-2)27(34)19-21-9-11-22(30)12-10-21)28-31-26-8-5-4-7-25(26)29(35)33(28)23-13-15-24(37-3)16-14-23/h4-5,7-16,20H,6,17-19H2,1-3H3. The molecule has 1 amide bonds. The summed E-state index contributed by atoms with van der Waals surface area (Å²) < 4.78 is 25.5. The van der Waals surface area contributed by atoms with Crippen molar-refractivity contribution in [3.63, 3.8) is 0 Å². The maximum atomic E-state index is 13.7. The third-order valence-corrected chi connectivity index (χ3v) is 6.31. The lowest BCUT2D eigenvalue weighted by atomic mass is 10.1. The zero-order valence-corrected chi connectivity index (χ0v) is 21.2. The fraction of sp³-hybridized carbons (Fsp3) is 0.276. The lowest BCUT2D eigenvalue weighted by Gasteiger charge is -2.31. The molecule has 8 heteroatoms. The van der Waals surface area contributed by atoms with Gasteiger partial charge in [-0.05, 0) is 67.4 Å². The van der Waals surface area contributed by atoms with Crippen LogP contribution < -0.4 is 10.3 Å². The lowest BCUT2D eigenvalue weighted by molar-refractivity contribution is -0.133. The Morgan fingerprint density at radius 1 is 1.03 bits per heavy atom. The number of carbonyl (C=O) groups excluding carboxylic acids is 1. The Balaban J connectivity index is 1.80. The van der Waals surface area contributed by atoms with Crippen LogP contribution in [-0.4, -0.2) is 47.7 Å². The molecule has 0 saturated carbocycles. The Kier molecular flexibility index (Phi) is 8.30. The van der Waals surface area contributed by atoms with Crippen molar-refractivity contribution in [2.45, 2.75) is 25.8 Å². The number of halogens is 1. The predicted octanol–water partition coefficient (Wildman–Crippen LogP) is 4.70. The highest BCUT2D eigenvalue weighted by Crippen LogP contribution is 2.25. The van der Waals surface area contributed by atoms with Crippen molar-refractivity contribution in [3.8, 4) is 11.4 Å². The molecule has 4 aromatic rings. The van der Waals surface area contributed by atoms with E-state index in [1.165, 1.54) is 12.1 Å². The van der Waals surface area contributed by atoms with Crippen LogP contribution in [0.1, 0.15) is 30.8 Å². The van der Waals surface area contributed by atoms with E-state index in [0.717, 1.165) is 0 Å². The molecule has 0 aliphatic heterocycles. The summed E-state index contributed by atoms with van der Waals surface area (Å²) in [7, 11) is 3.19. The largest absolute Gasteiger partial charge is 0.497 e. The minimum absolute atomic E-state index is 0.0952. The van der Waals surface area contributed by atoms with Crippen LogP contribution in [0.4, 0.5) is 4.39 Å². The van der Waals surface area contributed by atoms with Crippen molar-refractivity contribution >= 4 is 16.8 Å². The van der Waals surface area contributed by atoms with Gasteiger partial charge in [-0.15, -0.1) is 0 Å². The summed E-state index contributed by atoms with van der Waals surface area (Å²) in [5.74, 6) is 0.596. The Bertz CT molecular complexity index is 1420. The fourth-order valence-corrected chi connectivity index (χ4v) is 4.34. The molecule has 1 unspecified atom stereocenters. The van der Waals surface area contributed by atoms with Crippen molar-refractivity contribution < 1.29 is 18.7 Å². The van der Waals surface area contributed by atoms with E-state index in [1.807, 2.05) is 13.0 Å². The van der Waals surface area contributed by atoms with Crippen molar-refractivity contribution in [2.75, 3.05) is 27.4 Å². The summed E-state index contributed by atoms with van der Waals surface area (Å²) in [6, 6.07) is 19.7. The average molecular weight is 504 g/mol. The highest BCUT2D eigenvalue weighted by Gasteiger charge is 2.27. The van der Waals surface area contributed by atoms with Crippen LogP contribution in [0.2, 0.25) is 0 Å². The van der Waals surface area contributed by atoms with E-state index in [-0.39, 0.29) is 23.7 Å². The SMILES string of the molecule is COCCCN(C(=O)Cc1ccc(F)cc1)C(C)c1nc2ccccc2c(=O)n1-c1ccc(OC)cc1. The molecule has 4 rings (SSSR count). The summed E-state index contributed by atoms with van der Waals surface area (Å²) in [6.45, 7) is 2.75. The topological polar surface area (TPSA) is 73.7 Å². The maximum Gasteiger partial charge on any atom is 0.266 e. The van der Waals surface area contributed by atoms with E-state index in [2.05, 4.69) is 0 Å². The molecule has 0 aliphatic carbocycles. The van der Waals surface area contributed by atoms with Gasteiger partial charge in [0, 0.05) is 20.3 Å². The molecule has 1 aromatic heterocycles. The first-order chi connectivity index (χ1) is 17.9. The monoisotopic (exact) mass is 503 g/mol. The van der Waals surface area contributed by atoms with Crippen molar-refractivity contribution in [3.05, 3.63) is 100 Å². The minimum Gasteiger partial charge on any atom is -0.497 e. The molecule has 7 nitrogen and oxygen atoms in total. The molecule has 1 atom stereocenters. The number of carbonyl (C=O) groups is 1. The average Bonchev–Trinajstić information content (AvgIpc) is 2.92. The van der Waals surface area contributed by atoms with Gasteiger partial charge in [0.25, 0.3) is 5.56 Å². The third-order valence-electron chi connectivity index (χ3n) is 6.31. The van der Waals surface area contributed by atoms with Crippen LogP contribution in [0, 0.1) is 5.82 Å². The molecule has 0 bridgehead atoms. The van der Waals surface area contributed by atoms with Gasteiger partial charge >= 0.3 is 0 Å². The molecular formula is C29H30FN3O4. The summed E-state index contributed by atoms with van der Waals surface area (Å²) in [6.07, 6.45) is 0.703. The van der Waals surface area contributed by atoms with Gasteiger partial charge in [-0.3, -0.25) is 14.2 Å². The first kappa shape index (κ1) is 26.0. The first-order valence-electron chi connectivity index (χ1n) is 12.1. The highest BCUT2D eigenvalue weighted by atomic mass is 19.1. The van der Waals surface area contributed by atoms with Gasteiger partial charge in [-0.2, -0.15) is 0 Å². The van der Waals surface area contributed by atoms with E-state index in [1.54, 1.807) is 78.3 Å². The lowest BCUT2D eigenvalue weighted by Crippen LogP contribution is -2.39. The minimum atomic E-state index is -0.538. The number of benzene rings is 3. The molecule has 0 saturated heterocycles. The van der Waals surface area contributed by atoms with Crippen molar-refractivity contribution in [1.82, 2.24) is 14.5 Å². The number of fused-ring (bicyclic) bond motifs is 1. The maximum absolute atomic E-state index is 13.7. The molecule has 192 valence electrons. The van der Waals surface area contributed by atoms with Crippen LogP contribution in [0.5, 0.6) is 5.75 Å². The summed E-state index contributed by atoms with van der Waals surface area (Å²) in [5.41, 5.74) is 1.66. The summed E-state index contributed by atoms with van der Waals surface area (Å²) in [4.78, 5) is 33.8. The van der Waals surface area contributed by atoms with Crippen LogP contribution >= 0.6 is 0 Å². The molecule has 1 heterocycles. The number of ether oxygens (including phenoxy) is 2. The van der Waals surface area contributed by atoms with Crippen LogP contribution in [-0.2, 0) is 16.0 Å². The molecule has 0 spiro atoms. The Hall–Kier alpha value is -4.04. The van der Waals surface area contributed by atoms with Crippen molar-refractivity contribution in [2.24, 2.45) is 0 Å². The van der Waals surface area contributed by atoms with Crippen LogP contribution in [0.15, 0.2) is 77.6 Å². The number of methoxy groups -OCH3 is 2. The van der Waals surface area contributed by atoms with Crippen molar-refractivity contribution in [1.29, 1.82) is 0 Å². The van der Waals surface area contributed by atoms with Crippen LogP contribution in [0.3, 0.4) is 0 Å². The van der Waals surface area contributed by atoms with E-state index < -0.39 is 6.04 Å². The van der Waals surface area contributed by atoms with Gasteiger partial charge in [-0.25, -0.2) is 9.37 Å². The second-order valence-electron chi connectivity index (χ2n) is 8.74. The summed E-state index contributed by atoms with van der Waals surface area (Å²) in [5, 5.41) is 0.484. The molecular weight excluding hydrogens is 473 g/mol. The first-order valence-corrected chi connectivity index (χ1v) is 12.1. The second-order valence-corrected chi connectivity index (χ2v) is 8.74. The van der Waals surface area contributed by atoms with E-state index >= 15 is 0 Å². The van der Waals surface area contributed by atoms with Gasteiger partial charge in [-0.1, -0.05) is 24.3 Å². The van der Waals surface area contributed by atoms with Gasteiger partial charge in [0.2, 0.25) is 5.91 Å². The zero-order chi connectivity index (χ0) is 26.4.